The van der Waals surface area contributed by atoms with E-state index >= 15 is 0 Å². The number of amides is 1. The highest BCUT2D eigenvalue weighted by atomic mass is 32.2. The van der Waals surface area contributed by atoms with Crippen LogP contribution < -0.4 is 0 Å². The Morgan fingerprint density at radius 3 is 2.57 bits per heavy atom. The fourth-order valence-corrected chi connectivity index (χ4v) is 2.94. The summed E-state index contributed by atoms with van der Waals surface area (Å²) in [5, 5.41) is 0. The third kappa shape index (κ3) is 8.06. The zero-order valence-electron chi connectivity index (χ0n) is 15.4. The van der Waals surface area contributed by atoms with Crippen LogP contribution in [0.4, 0.5) is 4.79 Å². The van der Waals surface area contributed by atoms with E-state index in [1.54, 1.807) is 6.21 Å². The minimum Gasteiger partial charge on any atom is -0.591 e. The first-order chi connectivity index (χ1) is 10.5. The number of likely N-dealkylation sites (tertiary alicyclic amines) is 1. The quantitative estimate of drug-likeness (QED) is 0.573. The summed E-state index contributed by atoms with van der Waals surface area (Å²) in [7, 11) is 0. The molecule has 1 amide bonds. The SMILES string of the molecule is CC(C)(C)OC(=O)N1CCCC(CCC=N[S+]([O-])C(C)(C)C)C1. The third-order valence-electron chi connectivity index (χ3n) is 3.57. The molecule has 0 aromatic carbocycles. The van der Waals surface area contributed by atoms with Crippen LogP contribution in [0, 0.1) is 5.92 Å². The lowest BCUT2D eigenvalue weighted by atomic mass is 9.94. The first kappa shape index (κ1) is 20.3. The van der Waals surface area contributed by atoms with E-state index in [4.69, 9.17) is 4.74 Å². The summed E-state index contributed by atoms with van der Waals surface area (Å²) in [6.07, 6.45) is 5.45. The van der Waals surface area contributed by atoms with Crippen LogP contribution in [-0.4, -0.2) is 45.2 Å². The highest BCUT2D eigenvalue weighted by Crippen LogP contribution is 2.23. The van der Waals surface area contributed by atoms with Crippen molar-refractivity contribution in [3.63, 3.8) is 0 Å². The first-order valence-electron chi connectivity index (χ1n) is 8.41. The molecule has 0 N–H and O–H groups in total. The second kappa shape index (κ2) is 8.38. The van der Waals surface area contributed by atoms with Gasteiger partial charge in [-0.15, -0.1) is 0 Å². The molecule has 6 heteroatoms. The molecule has 1 aliphatic rings. The van der Waals surface area contributed by atoms with Gasteiger partial charge in [-0.1, -0.05) is 4.40 Å². The fourth-order valence-electron chi connectivity index (χ4n) is 2.38. The highest BCUT2D eigenvalue weighted by molar-refractivity contribution is 7.91. The van der Waals surface area contributed by atoms with E-state index in [2.05, 4.69) is 4.40 Å². The molecule has 23 heavy (non-hydrogen) atoms. The predicted molar refractivity (Wildman–Crippen MR) is 96.2 cm³/mol. The molecule has 1 aliphatic heterocycles. The van der Waals surface area contributed by atoms with Gasteiger partial charge in [0.25, 0.3) is 0 Å². The minimum atomic E-state index is -1.18. The van der Waals surface area contributed by atoms with Crippen molar-refractivity contribution in [1.82, 2.24) is 4.90 Å². The van der Waals surface area contributed by atoms with E-state index in [0.717, 1.165) is 38.8 Å². The second-order valence-corrected chi connectivity index (χ2v) is 10.1. The maximum Gasteiger partial charge on any atom is 0.410 e. The van der Waals surface area contributed by atoms with Gasteiger partial charge in [0.05, 0.1) is 6.21 Å². The monoisotopic (exact) mass is 344 g/mol. The number of carbonyl (C=O) groups excluding carboxylic acids is 1. The Balaban J connectivity index is 2.39. The molecule has 0 aromatic rings. The van der Waals surface area contributed by atoms with Gasteiger partial charge >= 0.3 is 6.09 Å². The Bertz CT molecular complexity index is 413. The van der Waals surface area contributed by atoms with Gasteiger partial charge < -0.3 is 14.2 Å². The molecule has 0 aromatic heterocycles. The van der Waals surface area contributed by atoms with Crippen molar-refractivity contribution in [1.29, 1.82) is 0 Å². The molecule has 134 valence electrons. The largest absolute Gasteiger partial charge is 0.591 e. The first-order valence-corrected chi connectivity index (χ1v) is 9.52. The average Bonchev–Trinajstić information content (AvgIpc) is 2.40. The molecule has 0 radical (unpaired) electrons. The Labute approximate surface area is 144 Å². The van der Waals surface area contributed by atoms with Crippen LogP contribution in [-0.2, 0) is 16.1 Å². The summed E-state index contributed by atoms with van der Waals surface area (Å²) >= 11 is -1.18. The lowest BCUT2D eigenvalue weighted by Gasteiger charge is -2.34. The summed E-state index contributed by atoms with van der Waals surface area (Å²) in [6, 6.07) is 0. The number of piperidine rings is 1. The second-order valence-electron chi connectivity index (χ2n) is 8.16. The number of hydrogen-bond acceptors (Lipinski definition) is 4. The molecule has 1 rings (SSSR count). The summed E-state index contributed by atoms with van der Waals surface area (Å²) in [5.41, 5.74) is -0.451. The third-order valence-corrected chi connectivity index (χ3v) is 4.96. The van der Waals surface area contributed by atoms with Crippen LogP contribution in [0.25, 0.3) is 0 Å². The summed E-state index contributed by atoms with van der Waals surface area (Å²) in [5.74, 6) is 0.464. The number of carbonyl (C=O) groups is 1. The molecule has 0 aliphatic carbocycles. The lowest BCUT2D eigenvalue weighted by molar-refractivity contribution is 0.0163. The Morgan fingerprint density at radius 1 is 1.35 bits per heavy atom. The molecule has 0 bridgehead atoms. The van der Waals surface area contributed by atoms with E-state index in [0.29, 0.717) is 5.92 Å². The maximum atomic E-state index is 12.1. The number of hydrogen-bond donors (Lipinski definition) is 0. The van der Waals surface area contributed by atoms with Crippen molar-refractivity contribution in [2.24, 2.45) is 10.3 Å². The summed E-state index contributed by atoms with van der Waals surface area (Å²) in [6.45, 7) is 12.9. The van der Waals surface area contributed by atoms with Gasteiger partial charge in [-0.2, -0.15) is 0 Å². The van der Waals surface area contributed by atoms with Gasteiger partial charge in [-0.3, -0.25) is 0 Å². The van der Waals surface area contributed by atoms with Crippen LogP contribution in [0.15, 0.2) is 4.40 Å². The van der Waals surface area contributed by atoms with E-state index < -0.39 is 17.0 Å². The Hall–Kier alpha value is -0.750. The van der Waals surface area contributed by atoms with Gasteiger partial charge in [0, 0.05) is 13.1 Å². The topological polar surface area (TPSA) is 65.0 Å². The lowest BCUT2D eigenvalue weighted by Crippen LogP contribution is -2.42. The van der Waals surface area contributed by atoms with Gasteiger partial charge in [0.15, 0.2) is 0 Å². The average molecular weight is 345 g/mol. The van der Waals surface area contributed by atoms with Gasteiger partial charge in [-0.25, -0.2) is 4.79 Å². The van der Waals surface area contributed by atoms with Crippen LogP contribution in [0.1, 0.15) is 67.2 Å². The van der Waals surface area contributed by atoms with Crippen LogP contribution in [0.2, 0.25) is 0 Å². The van der Waals surface area contributed by atoms with E-state index in [1.165, 1.54) is 0 Å². The number of ether oxygens (including phenoxy) is 1. The molecule has 1 saturated heterocycles. The van der Waals surface area contributed by atoms with Crippen molar-refractivity contribution in [3.05, 3.63) is 0 Å². The Kier molecular flexibility index (Phi) is 7.39. The van der Waals surface area contributed by atoms with Gasteiger partial charge in [0.2, 0.25) is 0 Å². The van der Waals surface area contributed by atoms with E-state index in [1.807, 2.05) is 46.4 Å². The summed E-state index contributed by atoms with van der Waals surface area (Å²) in [4.78, 5) is 13.9. The zero-order valence-corrected chi connectivity index (χ0v) is 16.2. The van der Waals surface area contributed by atoms with Crippen molar-refractivity contribution in [3.8, 4) is 0 Å². The van der Waals surface area contributed by atoms with Gasteiger partial charge in [-0.05, 0) is 73.1 Å². The smallest absolute Gasteiger partial charge is 0.410 e. The van der Waals surface area contributed by atoms with Crippen LogP contribution in [0.5, 0.6) is 0 Å². The van der Waals surface area contributed by atoms with Crippen molar-refractivity contribution < 1.29 is 14.1 Å². The molecule has 2 atom stereocenters. The fraction of sp³-hybridized carbons (Fsp3) is 0.882. The predicted octanol–water partition coefficient (Wildman–Crippen LogP) is 3.95. The van der Waals surface area contributed by atoms with E-state index in [9.17, 15) is 9.35 Å². The molecule has 2 unspecified atom stereocenters. The van der Waals surface area contributed by atoms with Crippen molar-refractivity contribution in [2.75, 3.05) is 13.1 Å². The molecule has 0 saturated carbocycles. The molecular formula is C17H32N2O3S. The van der Waals surface area contributed by atoms with Crippen molar-refractivity contribution >= 4 is 23.7 Å². The van der Waals surface area contributed by atoms with Gasteiger partial charge in [0.1, 0.15) is 21.7 Å². The molecule has 1 fully saturated rings. The number of rotatable bonds is 4. The molecular weight excluding hydrogens is 312 g/mol. The normalized spacial score (nSPS) is 21.5. The minimum absolute atomic E-state index is 0.218. The van der Waals surface area contributed by atoms with Crippen LogP contribution >= 0.6 is 0 Å². The Morgan fingerprint density at radius 2 is 2.00 bits per heavy atom. The zero-order chi connectivity index (χ0) is 17.7. The maximum absolute atomic E-state index is 12.1. The van der Waals surface area contributed by atoms with E-state index in [-0.39, 0.29) is 10.8 Å². The van der Waals surface area contributed by atoms with Crippen LogP contribution in [0.3, 0.4) is 0 Å². The number of nitrogens with zero attached hydrogens (tertiary/aromatic N) is 2. The molecule has 0 spiro atoms. The standard InChI is InChI=1S/C17H32N2O3S/c1-16(2,3)22-15(20)19-12-8-10-14(13-19)9-7-11-18-23(21)17(4,5)6/h11,14H,7-10,12-13H2,1-6H3. The molecule has 5 nitrogen and oxygen atoms in total. The summed E-state index contributed by atoms with van der Waals surface area (Å²) < 4.78 is 21.1. The highest BCUT2D eigenvalue weighted by Gasteiger charge is 2.28. The van der Waals surface area contributed by atoms with Crippen molar-refractivity contribution in [2.45, 2.75) is 77.6 Å². The molecule has 1 heterocycles.